The van der Waals surface area contributed by atoms with Crippen LogP contribution in [0, 0.1) is 11.3 Å². The number of anilines is 3. The fourth-order valence-electron chi connectivity index (χ4n) is 5.03. The van der Waals surface area contributed by atoms with Gasteiger partial charge in [0.1, 0.15) is 30.1 Å². The summed E-state index contributed by atoms with van der Waals surface area (Å²) in [5.41, 5.74) is 3.40. The molecule has 1 N–H and O–H groups in total. The summed E-state index contributed by atoms with van der Waals surface area (Å²) in [6, 6.07) is 7.80. The van der Waals surface area contributed by atoms with E-state index in [4.69, 9.17) is 9.72 Å². The van der Waals surface area contributed by atoms with Crippen molar-refractivity contribution in [2.24, 2.45) is 0 Å². The van der Waals surface area contributed by atoms with E-state index in [0.29, 0.717) is 34.7 Å². The number of methoxy groups -OCH3 is 1. The average molecular weight is 444 g/mol. The van der Waals surface area contributed by atoms with Crippen molar-refractivity contribution < 1.29 is 9.53 Å². The van der Waals surface area contributed by atoms with Crippen LogP contribution < -0.4 is 15.0 Å². The third-order valence-corrected chi connectivity index (χ3v) is 6.53. The van der Waals surface area contributed by atoms with Gasteiger partial charge in [-0.1, -0.05) is 19.8 Å². The zero-order chi connectivity index (χ0) is 22.9. The zero-order valence-corrected chi connectivity index (χ0v) is 18.7. The predicted molar refractivity (Wildman–Crippen MR) is 123 cm³/mol. The van der Waals surface area contributed by atoms with Crippen LogP contribution in [0.3, 0.4) is 0 Å². The lowest BCUT2D eigenvalue weighted by Crippen LogP contribution is -2.42. The van der Waals surface area contributed by atoms with Gasteiger partial charge in [0.15, 0.2) is 11.5 Å². The van der Waals surface area contributed by atoms with Crippen molar-refractivity contribution in [3.63, 3.8) is 0 Å². The Morgan fingerprint density at radius 1 is 1.30 bits per heavy atom. The van der Waals surface area contributed by atoms with Crippen molar-refractivity contribution in [2.45, 2.75) is 51.1 Å². The highest BCUT2D eigenvalue weighted by Gasteiger charge is 2.39. The highest BCUT2D eigenvalue weighted by molar-refractivity contribution is 5.79. The van der Waals surface area contributed by atoms with E-state index in [9.17, 15) is 10.1 Å². The molecule has 0 saturated heterocycles. The second-order valence-corrected chi connectivity index (χ2v) is 8.33. The molecule has 0 spiro atoms. The van der Waals surface area contributed by atoms with Crippen molar-refractivity contribution >= 4 is 23.7 Å². The van der Waals surface area contributed by atoms with E-state index in [1.54, 1.807) is 37.8 Å². The number of aldehydes is 1. The van der Waals surface area contributed by atoms with Crippen molar-refractivity contribution in [3.8, 4) is 17.5 Å². The zero-order valence-electron chi connectivity index (χ0n) is 18.7. The summed E-state index contributed by atoms with van der Waals surface area (Å²) in [6.45, 7) is 2.13. The van der Waals surface area contributed by atoms with Crippen LogP contribution in [-0.4, -0.2) is 39.0 Å². The van der Waals surface area contributed by atoms with E-state index < -0.39 is 0 Å². The fourth-order valence-corrected chi connectivity index (χ4v) is 5.03. The molecule has 5 rings (SSSR count). The molecule has 0 radical (unpaired) electrons. The first-order valence-electron chi connectivity index (χ1n) is 11.2. The summed E-state index contributed by atoms with van der Waals surface area (Å²) in [5, 5.41) is 12.9. The third-order valence-electron chi connectivity index (χ3n) is 6.53. The molecule has 2 aromatic heterocycles. The minimum absolute atomic E-state index is 0.0157. The number of rotatable bonds is 6. The van der Waals surface area contributed by atoms with Gasteiger partial charge in [0.05, 0.1) is 30.7 Å². The Hall–Kier alpha value is -3.93. The van der Waals surface area contributed by atoms with Crippen LogP contribution in [0.5, 0.6) is 5.75 Å². The summed E-state index contributed by atoms with van der Waals surface area (Å²) in [7, 11) is 1.56. The van der Waals surface area contributed by atoms with Gasteiger partial charge >= 0.3 is 0 Å². The number of carbonyl (C=O) groups excluding carboxylic acids is 1. The summed E-state index contributed by atoms with van der Waals surface area (Å²) >= 11 is 0. The van der Waals surface area contributed by atoms with Crippen molar-refractivity contribution in [1.29, 1.82) is 5.26 Å². The van der Waals surface area contributed by atoms with Crippen LogP contribution in [0.25, 0.3) is 5.69 Å². The molecule has 1 atom stereocenters. The van der Waals surface area contributed by atoms with Crippen LogP contribution in [0.2, 0.25) is 0 Å². The molecule has 0 amide bonds. The average Bonchev–Trinajstić information content (AvgIpc) is 3.53. The van der Waals surface area contributed by atoms with Gasteiger partial charge in [0, 0.05) is 11.6 Å². The van der Waals surface area contributed by atoms with Crippen LogP contribution >= 0.6 is 0 Å². The quantitative estimate of drug-likeness (QED) is 0.561. The molecule has 9 nitrogen and oxygen atoms in total. The molecule has 1 fully saturated rings. The van der Waals surface area contributed by atoms with E-state index in [2.05, 4.69) is 33.2 Å². The number of nitrogens with one attached hydrogen (secondary N) is 1. The highest BCUT2D eigenvalue weighted by atomic mass is 16.5. The Balaban J connectivity index is 1.61. The van der Waals surface area contributed by atoms with Gasteiger partial charge in [-0.3, -0.25) is 9.36 Å². The molecular weight excluding hydrogens is 418 g/mol. The van der Waals surface area contributed by atoms with E-state index in [1.165, 1.54) is 12.8 Å². The van der Waals surface area contributed by atoms with E-state index in [0.717, 1.165) is 42.7 Å². The maximum atomic E-state index is 11.1. The molecular formula is C24H25N7O2. The lowest BCUT2D eigenvalue weighted by molar-refractivity contribution is 0.112. The van der Waals surface area contributed by atoms with Crippen LogP contribution in [0.15, 0.2) is 30.7 Å². The number of hydrogen-bond acceptors (Lipinski definition) is 8. The summed E-state index contributed by atoms with van der Waals surface area (Å²) in [4.78, 5) is 27.3. The molecule has 33 heavy (non-hydrogen) atoms. The number of carbonyl (C=O) groups is 1. The topological polar surface area (TPSA) is 109 Å². The number of hydrogen-bond donors (Lipinski definition) is 1. The Bertz CT molecular complexity index is 1240. The monoisotopic (exact) mass is 443 g/mol. The maximum Gasteiger partial charge on any atom is 0.229 e. The molecule has 1 aromatic carbocycles. The van der Waals surface area contributed by atoms with Gasteiger partial charge in [0.2, 0.25) is 5.95 Å². The Labute approximate surface area is 192 Å². The van der Waals surface area contributed by atoms with Gasteiger partial charge in [-0.25, -0.2) is 9.97 Å². The minimum atomic E-state index is 0.0157. The summed E-state index contributed by atoms with van der Waals surface area (Å²) < 4.78 is 7.40. The summed E-state index contributed by atoms with van der Waals surface area (Å²) in [5.74, 6) is 1.81. The Kier molecular flexibility index (Phi) is 5.42. The van der Waals surface area contributed by atoms with Gasteiger partial charge < -0.3 is 15.0 Å². The van der Waals surface area contributed by atoms with Gasteiger partial charge in [-0.15, -0.1) is 0 Å². The van der Waals surface area contributed by atoms with E-state index in [-0.39, 0.29) is 6.04 Å². The number of ether oxygens (including phenoxy) is 1. The molecule has 0 bridgehead atoms. The first-order chi connectivity index (χ1) is 16.2. The first-order valence-corrected chi connectivity index (χ1v) is 11.2. The molecule has 3 aromatic rings. The number of aromatic nitrogens is 4. The maximum absolute atomic E-state index is 11.1. The molecule has 1 aliphatic heterocycles. The SMILES string of the molecule is CC[C@@H]1c2c(C#N)ncn2-c2cnc(Nc3ccc(C=O)cc3OC)nc2N1C1CCCC1. The number of nitriles is 1. The molecule has 9 heteroatoms. The third kappa shape index (κ3) is 3.48. The van der Waals surface area contributed by atoms with Gasteiger partial charge in [0.25, 0.3) is 0 Å². The summed E-state index contributed by atoms with van der Waals surface area (Å²) in [6.07, 6.45) is 9.66. The van der Waals surface area contributed by atoms with Crippen molar-refractivity contribution in [1.82, 2.24) is 19.5 Å². The molecule has 1 saturated carbocycles. The number of benzene rings is 1. The number of nitrogens with zero attached hydrogens (tertiary/aromatic N) is 6. The highest BCUT2D eigenvalue weighted by Crippen LogP contribution is 2.44. The molecule has 0 unspecified atom stereocenters. The smallest absolute Gasteiger partial charge is 0.229 e. The standard InChI is InChI=1S/C24H25N7O2/c1-3-19-22-18(11-25)27-14-30(22)20-12-26-24(29-23(20)31(19)16-6-4-5-7-16)28-17-9-8-15(13-32)10-21(17)33-2/h8-10,12-14,16,19H,3-7H2,1-2H3,(H,26,28,29)/t19-/m1/s1. The number of fused-ring (bicyclic) bond motifs is 3. The largest absolute Gasteiger partial charge is 0.495 e. The van der Waals surface area contributed by atoms with E-state index in [1.807, 2.05) is 4.57 Å². The van der Waals surface area contributed by atoms with E-state index >= 15 is 0 Å². The first kappa shape index (κ1) is 20.9. The molecule has 2 aliphatic rings. The number of imidazole rings is 1. The lowest BCUT2D eigenvalue weighted by Gasteiger charge is -2.41. The lowest BCUT2D eigenvalue weighted by atomic mass is 10.0. The fraction of sp³-hybridized carbons (Fsp3) is 0.375. The van der Waals surface area contributed by atoms with Gasteiger partial charge in [-0.2, -0.15) is 10.2 Å². The second kappa shape index (κ2) is 8.54. The van der Waals surface area contributed by atoms with Crippen molar-refractivity contribution in [3.05, 3.63) is 47.7 Å². The van der Waals surface area contributed by atoms with Crippen LogP contribution in [0.1, 0.15) is 66.8 Å². The second-order valence-electron chi connectivity index (χ2n) is 8.33. The van der Waals surface area contributed by atoms with Crippen LogP contribution in [0.4, 0.5) is 17.5 Å². The molecule has 3 heterocycles. The minimum Gasteiger partial charge on any atom is -0.495 e. The Morgan fingerprint density at radius 3 is 2.82 bits per heavy atom. The van der Waals surface area contributed by atoms with Crippen LogP contribution in [-0.2, 0) is 0 Å². The normalized spacial score (nSPS) is 17.2. The van der Waals surface area contributed by atoms with Crippen molar-refractivity contribution in [2.75, 3.05) is 17.3 Å². The van der Waals surface area contributed by atoms with Gasteiger partial charge in [-0.05, 0) is 37.5 Å². The molecule has 168 valence electrons. The predicted octanol–water partition coefficient (Wildman–Crippen LogP) is 4.31. The molecule has 1 aliphatic carbocycles. The Morgan fingerprint density at radius 2 is 2.12 bits per heavy atom.